The zero-order valence-electron chi connectivity index (χ0n) is 11.3. The van der Waals surface area contributed by atoms with E-state index in [-0.39, 0.29) is 4.90 Å². The Kier molecular flexibility index (Phi) is 4.03. The van der Waals surface area contributed by atoms with Crippen molar-refractivity contribution in [2.24, 2.45) is 5.14 Å². The highest BCUT2D eigenvalue weighted by atomic mass is 32.2. The molecule has 0 aliphatic rings. The summed E-state index contributed by atoms with van der Waals surface area (Å²) in [6, 6.07) is 5.19. The quantitative estimate of drug-likeness (QED) is 0.844. The molecule has 2 aromatic rings. The van der Waals surface area contributed by atoms with Crippen LogP contribution in [0.2, 0.25) is 0 Å². The van der Waals surface area contributed by atoms with Crippen LogP contribution in [0.15, 0.2) is 33.9 Å². The number of sulfonamides is 1. The monoisotopic (exact) mass is 311 g/mol. The van der Waals surface area contributed by atoms with Crippen molar-refractivity contribution in [2.45, 2.75) is 18.4 Å². The summed E-state index contributed by atoms with van der Waals surface area (Å²) in [5.74, 6) is 0. The van der Waals surface area contributed by atoms with Crippen molar-refractivity contribution in [2.75, 3.05) is 17.7 Å². The fourth-order valence-corrected chi connectivity index (χ4v) is 3.62. The first-order valence-corrected chi connectivity index (χ1v) is 8.43. The van der Waals surface area contributed by atoms with E-state index in [0.29, 0.717) is 17.8 Å². The van der Waals surface area contributed by atoms with Gasteiger partial charge in [-0.15, -0.1) is 0 Å². The Bertz CT molecular complexity index is 709. The Labute approximate surface area is 122 Å². The van der Waals surface area contributed by atoms with Gasteiger partial charge in [-0.2, -0.15) is 11.3 Å². The standard InChI is InChI=1S/C13H17N3O2S2/c1-9-12(16(2)7-10-3-4-19-8-10)5-11(14)6-13(9)20(15,17)18/h3-6,8H,7,14H2,1-2H3,(H2,15,17,18). The molecular weight excluding hydrogens is 294 g/mol. The molecule has 0 fully saturated rings. The molecule has 0 saturated heterocycles. The lowest BCUT2D eigenvalue weighted by Crippen LogP contribution is -2.20. The number of benzene rings is 1. The predicted molar refractivity (Wildman–Crippen MR) is 83.4 cm³/mol. The normalized spacial score (nSPS) is 11.6. The van der Waals surface area contributed by atoms with Crippen LogP contribution in [0.5, 0.6) is 0 Å². The van der Waals surface area contributed by atoms with Gasteiger partial charge in [0.15, 0.2) is 0 Å². The summed E-state index contributed by atoms with van der Waals surface area (Å²) in [6.45, 7) is 2.41. The second-order valence-electron chi connectivity index (χ2n) is 4.70. The summed E-state index contributed by atoms with van der Waals surface area (Å²) in [5, 5.41) is 9.29. The van der Waals surface area contributed by atoms with E-state index in [4.69, 9.17) is 10.9 Å². The molecule has 0 spiro atoms. The SMILES string of the molecule is Cc1c(N(C)Cc2ccsc2)cc(N)cc1S(N)(=O)=O. The molecule has 1 heterocycles. The zero-order valence-corrected chi connectivity index (χ0v) is 13.0. The molecule has 0 atom stereocenters. The molecule has 0 radical (unpaired) electrons. The van der Waals surface area contributed by atoms with Crippen LogP contribution in [-0.2, 0) is 16.6 Å². The number of anilines is 2. The van der Waals surface area contributed by atoms with E-state index in [1.165, 1.54) is 6.07 Å². The largest absolute Gasteiger partial charge is 0.399 e. The summed E-state index contributed by atoms with van der Waals surface area (Å²) in [4.78, 5) is 2.03. The van der Waals surface area contributed by atoms with Gasteiger partial charge in [0.2, 0.25) is 10.0 Å². The van der Waals surface area contributed by atoms with Gasteiger partial charge in [0.05, 0.1) is 4.90 Å². The maximum atomic E-state index is 11.6. The second kappa shape index (κ2) is 5.43. The molecule has 0 aliphatic carbocycles. The zero-order chi connectivity index (χ0) is 14.9. The average molecular weight is 311 g/mol. The van der Waals surface area contributed by atoms with Gasteiger partial charge in [-0.1, -0.05) is 0 Å². The first-order valence-electron chi connectivity index (χ1n) is 5.94. The minimum atomic E-state index is -3.78. The lowest BCUT2D eigenvalue weighted by molar-refractivity contribution is 0.597. The number of hydrogen-bond acceptors (Lipinski definition) is 5. The molecule has 1 aromatic carbocycles. The van der Waals surface area contributed by atoms with E-state index in [0.717, 1.165) is 11.3 Å². The first kappa shape index (κ1) is 14.8. The van der Waals surface area contributed by atoms with E-state index in [1.807, 2.05) is 23.4 Å². The van der Waals surface area contributed by atoms with E-state index in [9.17, 15) is 8.42 Å². The predicted octanol–water partition coefficient (Wildman–Crippen LogP) is 1.92. The molecule has 108 valence electrons. The summed E-state index contributed by atoms with van der Waals surface area (Å²) in [5.41, 5.74) is 8.71. The van der Waals surface area contributed by atoms with Crippen LogP contribution in [0.25, 0.3) is 0 Å². The van der Waals surface area contributed by atoms with Crippen LogP contribution in [-0.4, -0.2) is 15.5 Å². The van der Waals surface area contributed by atoms with Gasteiger partial charge in [0, 0.05) is 25.0 Å². The van der Waals surface area contributed by atoms with Crippen LogP contribution in [0.4, 0.5) is 11.4 Å². The van der Waals surface area contributed by atoms with E-state index >= 15 is 0 Å². The Morgan fingerprint density at radius 2 is 2.05 bits per heavy atom. The van der Waals surface area contributed by atoms with Gasteiger partial charge in [0.25, 0.3) is 0 Å². The Hall–Kier alpha value is -1.57. The highest BCUT2D eigenvalue weighted by Gasteiger charge is 2.17. The Balaban J connectivity index is 2.44. The van der Waals surface area contributed by atoms with Gasteiger partial charge in [0.1, 0.15) is 0 Å². The molecule has 4 N–H and O–H groups in total. The van der Waals surface area contributed by atoms with Crippen molar-refractivity contribution in [3.63, 3.8) is 0 Å². The second-order valence-corrected chi connectivity index (χ2v) is 7.01. The third-order valence-corrected chi connectivity index (χ3v) is 4.84. The molecule has 1 aromatic heterocycles. The third-order valence-electron chi connectivity index (χ3n) is 3.07. The lowest BCUT2D eigenvalue weighted by atomic mass is 10.1. The summed E-state index contributed by atoms with van der Waals surface area (Å²) < 4.78 is 23.2. The van der Waals surface area contributed by atoms with Crippen LogP contribution < -0.4 is 15.8 Å². The Morgan fingerprint density at radius 3 is 2.60 bits per heavy atom. The van der Waals surface area contributed by atoms with Gasteiger partial charge in [-0.05, 0) is 47.0 Å². The summed E-state index contributed by atoms with van der Waals surface area (Å²) in [7, 11) is -1.88. The molecular formula is C13H17N3O2S2. The van der Waals surface area contributed by atoms with Gasteiger partial charge in [-0.3, -0.25) is 0 Å². The molecule has 5 nitrogen and oxygen atoms in total. The molecule has 0 aliphatic heterocycles. The minimum absolute atomic E-state index is 0.0738. The van der Waals surface area contributed by atoms with Crippen LogP contribution in [0.1, 0.15) is 11.1 Å². The highest BCUT2D eigenvalue weighted by Crippen LogP contribution is 2.29. The number of primary sulfonamides is 1. The number of hydrogen-bond donors (Lipinski definition) is 2. The molecule has 0 amide bonds. The first-order chi connectivity index (χ1) is 9.29. The van der Waals surface area contributed by atoms with Gasteiger partial charge >= 0.3 is 0 Å². The maximum Gasteiger partial charge on any atom is 0.238 e. The number of nitrogens with zero attached hydrogens (tertiary/aromatic N) is 1. The van der Waals surface area contributed by atoms with Crippen molar-refractivity contribution in [3.05, 3.63) is 40.1 Å². The summed E-state index contributed by atoms with van der Waals surface area (Å²) in [6.07, 6.45) is 0. The third kappa shape index (κ3) is 3.12. The molecule has 2 rings (SSSR count). The summed E-state index contributed by atoms with van der Waals surface area (Å²) >= 11 is 1.62. The number of nitrogen functional groups attached to an aromatic ring is 1. The number of rotatable bonds is 4. The number of nitrogens with two attached hydrogens (primary N) is 2. The van der Waals surface area contributed by atoms with Gasteiger partial charge in [-0.25, -0.2) is 13.6 Å². The lowest BCUT2D eigenvalue weighted by Gasteiger charge is -2.23. The average Bonchev–Trinajstić information content (AvgIpc) is 2.83. The van der Waals surface area contributed by atoms with Gasteiger partial charge < -0.3 is 10.6 Å². The molecule has 0 unspecified atom stereocenters. The van der Waals surface area contributed by atoms with Crippen molar-refractivity contribution in [1.29, 1.82) is 0 Å². The Morgan fingerprint density at radius 1 is 1.35 bits per heavy atom. The molecule has 7 heteroatoms. The highest BCUT2D eigenvalue weighted by molar-refractivity contribution is 7.89. The minimum Gasteiger partial charge on any atom is -0.399 e. The topological polar surface area (TPSA) is 89.4 Å². The fourth-order valence-electron chi connectivity index (χ4n) is 2.13. The van der Waals surface area contributed by atoms with Crippen molar-refractivity contribution in [3.8, 4) is 0 Å². The molecule has 20 heavy (non-hydrogen) atoms. The molecule has 0 bridgehead atoms. The van der Waals surface area contributed by atoms with E-state index < -0.39 is 10.0 Å². The van der Waals surface area contributed by atoms with Crippen molar-refractivity contribution < 1.29 is 8.42 Å². The van der Waals surface area contributed by atoms with Crippen LogP contribution in [0, 0.1) is 6.92 Å². The fraction of sp³-hybridized carbons (Fsp3) is 0.231. The smallest absolute Gasteiger partial charge is 0.238 e. The maximum absolute atomic E-state index is 11.6. The van der Waals surface area contributed by atoms with Crippen molar-refractivity contribution in [1.82, 2.24) is 0 Å². The molecule has 0 saturated carbocycles. The van der Waals surface area contributed by atoms with Crippen LogP contribution >= 0.6 is 11.3 Å². The van der Waals surface area contributed by atoms with Crippen molar-refractivity contribution >= 4 is 32.7 Å². The van der Waals surface area contributed by atoms with E-state index in [2.05, 4.69) is 5.38 Å². The van der Waals surface area contributed by atoms with Crippen LogP contribution in [0.3, 0.4) is 0 Å². The van der Waals surface area contributed by atoms with E-state index in [1.54, 1.807) is 24.3 Å². The number of thiophene rings is 1.